The molecule has 0 radical (unpaired) electrons. The van der Waals surface area contributed by atoms with Crippen LogP contribution in [0.5, 0.6) is 5.75 Å². The van der Waals surface area contributed by atoms with Gasteiger partial charge in [-0.05, 0) is 69.5 Å². The summed E-state index contributed by atoms with van der Waals surface area (Å²) in [5.74, 6) is 0.657. The molecule has 1 aliphatic heterocycles. The highest BCUT2D eigenvalue weighted by molar-refractivity contribution is 5.54. The lowest BCUT2D eigenvalue weighted by molar-refractivity contribution is 0.176. The first-order valence-electron chi connectivity index (χ1n) is 9.98. The van der Waals surface area contributed by atoms with Crippen molar-refractivity contribution in [2.45, 2.75) is 50.8 Å². The second-order valence-electron chi connectivity index (χ2n) is 7.68. The maximum absolute atomic E-state index is 7.67. The fourth-order valence-electron chi connectivity index (χ4n) is 3.82. The molecule has 1 fully saturated rings. The van der Waals surface area contributed by atoms with E-state index in [1.54, 1.807) is 18.3 Å². The van der Waals surface area contributed by atoms with Crippen molar-refractivity contribution in [3.63, 3.8) is 0 Å². The molecule has 0 saturated carbocycles. The summed E-state index contributed by atoms with van der Waals surface area (Å²) in [7, 11) is 2.19. The lowest BCUT2D eigenvalue weighted by Gasteiger charge is -2.30. The number of hydrogen-bond donors (Lipinski definition) is 3. The van der Waals surface area contributed by atoms with Crippen molar-refractivity contribution in [2.75, 3.05) is 13.6 Å². The molecular formula is C22H31N5O. The van der Waals surface area contributed by atoms with Crippen LogP contribution in [0, 0.1) is 10.8 Å². The van der Waals surface area contributed by atoms with Gasteiger partial charge in [-0.25, -0.2) is 0 Å². The Bertz CT molecular complexity index is 854. The molecule has 4 rings (SSSR count). The van der Waals surface area contributed by atoms with Crippen molar-refractivity contribution >= 4 is 6.34 Å². The highest BCUT2D eigenvalue weighted by Gasteiger charge is 2.26. The molecule has 2 aliphatic rings. The zero-order valence-corrected chi connectivity index (χ0v) is 16.8. The van der Waals surface area contributed by atoms with Gasteiger partial charge in [0.2, 0.25) is 0 Å². The van der Waals surface area contributed by atoms with Gasteiger partial charge in [0.25, 0.3) is 0 Å². The molecule has 1 saturated heterocycles. The lowest BCUT2D eigenvalue weighted by atomic mass is 9.86. The van der Waals surface area contributed by atoms with Gasteiger partial charge in [0.1, 0.15) is 17.3 Å². The van der Waals surface area contributed by atoms with Crippen LogP contribution < -0.4 is 16.0 Å². The third-order valence-corrected chi connectivity index (χ3v) is 5.73. The first-order valence-corrected chi connectivity index (χ1v) is 9.98. The molecule has 0 spiro atoms. The number of ether oxygens (including phenoxy) is 1. The zero-order valence-electron chi connectivity index (χ0n) is 16.8. The molecule has 28 heavy (non-hydrogen) atoms. The smallest absolute Gasteiger partial charge is 0.137 e. The average Bonchev–Trinajstić information content (AvgIpc) is 3.09. The van der Waals surface area contributed by atoms with Gasteiger partial charge in [0.15, 0.2) is 0 Å². The highest BCUT2D eigenvalue weighted by atomic mass is 16.5. The third kappa shape index (κ3) is 4.69. The Morgan fingerprint density at radius 2 is 1.86 bits per heavy atom. The summed E-state index contributed by atoms with van der Waals surface area (Å²) in [6, 6.07) is 12.4. The largest absolute Gasteiger partial charge is 0.484 e. The predicted molar refractivity (Wildman–Crippen MR) is 112 cm³/mol. The molecular weight excluding hydrogens is 350 g/mol. The van der Waals surface area contributed by atoms with Crippen LogP contribution in [-0.4, -0.2) is 35.4 Å². The second kappa shape index (κ2) is 9.17. The molecule has 1 aromatic heterocycles. The van der Waals surface area contributed by atoms with Gasteiger partial charge in [-0.3, -0.25) is 15.4 Å². The number of rotatable bonds is 3. The van der Waals surface area contributed by atoms with E-state index in [1.807, 2.05) is 12.1 Å². The van der Waals surface area contributed by atoms with Crippen LogP contribution in [-0.2, 0) is 0 Å². The Morgan fingerprint density at radius 1 is 1.11 bits per heavy atom. The van der Waals surface area contributed by atoms with E-state index >= 15 is 0 Å². The lowest BCUT2D eigenvalue weighted by Crippen LogP contribution is -2.24. The van der Waals surface area contributed by atoms with Crippen LogP contribution in [0.1, 0.15) is 55.9 Å². The fourth-order valence-corrected chi connectivity index (χ4v) is 3.82. The summed E-state index contributed by atoms with van der Waals surface area (Å²) in [6.45, 7) is 3.59. The van der Waals surface area contributed by atoms with E-state index in [1.165, 1.54) is 24.0 Å². The number of nitrogens with two attached hydrogens (primary N) is 1. The minimum Gasteiger partial charge on any atom is -0.484 e. The minimum atomic E-state index is -0.0308. The molecule has 3 atom stereocenters. The van der Waals surface area contributed by atoms with E-state index in [0.29, 0.717) is 5.75 Å². The highest BCUT2D eigenvalue weighted by Crippen LogP contribution is 2.37. The second-order valence-corrected chi connectivity index (χ2v) is 7.68. The summed E-state index contributed by atoms with van der Waals surface area (Å²) < 4.78 is 7.48. The summed E-state index contributed by atoms with van der Waals surface area (Å²) in [5, 5.41) is 15.0. The standard InChI is InChI=1S/C16H18N4O.C6H13N/c17-10-20-9-11(5-8-16(20)19)21-15-7-6-14(18)12-3-1-2-4-13(12)15;1-6-4-3-5-7(6)2/h1-5,8-10,14-15,17,19H,6-7,18H2;6H,3-5H2,1-2H3/t14-,15+;6-/m01/s1. The maximum Gasteiger partial charge on any atom is 0.137 e. The molecule has 0 unspecified atom stereocenters. The molecule has 1 aromatic carbocycles. The summed E-state index contributed by atoms with van der Waals surface area (Å²) in [4.78, 5) is 2.40. The monoisotopic (exact) mass is 381 g/mol. The van der Waals surface area contributed by atoms with E-state index in [2.05, 4.69) is 31.0 Å². The zero-order chi connectivity index (χ0) is 20.1. The molecule has 2 heterocycles. The number of aromatic nitrogens is 1. The van der Waals surface area contributed by atoms with E-state index in [0.717, 1.165) is 36.3 Å². The number of fused-ring (bicyclic) bond motifs is 1. The van der Waals surface area contributed by atoms with Crippen molar-refractivity contribution in [1.29, 1.82) is 10.8 Å². The van der Waals surface area contributed by atoms with Gasteiger partial charge in [-0.15, -0.1) is 0 Å². The summed E-state index contributed by atoms with van der Waals surface area (Å²) >= 11 is 0. The van der Waals surface area contributed by atoms with Crippen LogP contribution in [0.15, 0.2) is 42.6 Å². The van der Waals surface area contributed by atoms with Gasteiger partial charge in [-0.2, -0.15) is 0 Å². The maximum atomic E-state index is 7.67. The average molecular weight is 382 g/mol. The minimum absolute atomic E-state index is 0.0308. The molecule has 150 valence electrons. The normalized spacial score (nSPS) is 24.0. The molecule has 6 nitrogen and oxygen atoms in total. The third-order valence-electron chi connectivity index (χ3n) is 5.73. The van der Waals surface area contributed by atoms with Crippen molar-refractivity contribution < 1.29 is 4.74 Å². The number of hydrogen-bond acceptors (Lipinski definition) is 5. The molecule has 0 amide bonds. The SMILES string of the molecule is C[C@@H]1CCCN1C.N=Cn1cc(O[C@@H]2CC[C@H](N)c3ccccc32)ccc1=N. The molecule has 2 aromatic rings. The molecule has 4 N–H and O–H groups in total. The van der Waals surface area contributed by atoms with Crippen LogP contribution in [0.3, 0.4) is 0 Å². The van der Waals surface area contributed by atoms with Crippen LogP contribution in [0.25, 0.3) is 0 Å². The summed E-state index contributed by atoms with van der Waals surface area (Å²) in [5.41, 5.74) is 8.68. The van der Waals surface area contributed by atoms with Gasteiger partial charge >= 0.3 is 0 Å². The van der Waals surface area contributed by atoms with Gasteiger partial charge < -0.3 is 15.4 Å². The number of benzene rings is 1. The number of pyridine rings is 1. The van der Waals surface area contributed by atoms with Crippen LogP contribution in [0.4, 0.5) is 0 Å². The van der Waals surface area contributed by atoms with Crippen LogP contribution >= 0.6 is 0 Å². The van der Waals surface area contributed by atoms with Gasteiger partial charge in [0, 0.05) is 12.1 Å². The van der Waals surface area contributed by atoms with E-state index in [4.69, 9.17) is 21.3 Å². The van der Waals surface area contributed by atoms with Gasteiger partial charge in [0.05, 0.1) is 12.5 Å². The topological polar surface area (TPSA) is 91.1 Å². The Hall–Kier alpha value is -2.44. The number of nitrogens with zero attached hydrogens (tertiary/aromatic N) is 2. The first-order chi connectivity index (χ1) is 13.5. The number of likely N-dealkylation sites (tertiary alicyclic amines) is 1. The Kier molecular flexibility index (Phi) is 6.65. The molecule has 6 heteroatoms. The first kappa shape index (κ1) is 20.3. The quantitative estimate of drug-likeness (QED) is 0.562. The van der Waals surface area contributed by atoms with Gasteiger partial charge in [-0.1, -0.05) is 24.3 Å². The molecule has 1 aliphatic carbocycles. The van der Waals surface area contributed by atoms with E-state index in [9.17, 15) is 0 Å². The van der Waals surface area contributed by atoms with E-state index < -0.39 is 0 Å². The Labute approximate surface area is 167 Å². The van der Waals surface area contributed by atoms with Crippen molar-refractivity contribution in [2.24, 2.45) is 5.73 Å². The molecule has 0 bridgehead atoms. The van der Waals surface area contributed by atoms with E-state index in [-0.39, 0.29) is 17.6 Å². The number of nitrogens with one attached hydrogen (secondary N) is 2. The summed E-state index contributed by atoms with van der Waals surface area (Å²) in [6.07, 6.45) is 7.28. The van der Waals surface area contributed by atoms with Crippen molar-refractivity contribution in [3.05, 3.63) is 59.2 Å². The Balaban J connectivity index is 0.000000271. The van der Waals surface area contributed by atoms with Crippen molar-refractivity contribution in [1.82, 2.24) is 9.47 Å². The van der Waals surface area contributed by atoms with Crippen LogP contribution in [0.2, 0.25) is 0 Å². The van der Waals surface area contributed by atoms with Crippen molar-refractivity contribution in [3.8, 4) is 5.75 Å². The fraction of sp³-hybridized carbons (Fsp3) is 0.455. The predicted octanol–water partition coefficient (Wildman–Crippen LogP) is 3.44. The Morgan fingerprint density at radius 3 is 2.46 bits per heavy atom.